The number of carbonyl (C=O) groups excluding carboxylic acids is 1. The molecular weight excluding hydrogens is 361 g/mol. The van der Waals surface area contributed by atoms with Crippen LogP contribution in [0.4, 0.5) is 5.69 Å². The van der Waals surface area contributed by atoms with Crippen LogP contribution in [0.1, 0.15) is 5.56 Å². The molecule has 0 aromatic heterocycles. The summed E-state index contributed by atoms with van der Waals surface area (Å²) in [6.07, 6.45) is 0. The van der Waals surface area contributed by atoms with E-state index in [2.05, 4.69) is 0 Å². The zero-order valence-electron chi connectivity index (χ0n) is 12.1. The summed E-state index contributed by atoms with van der Waals surface area (Å²) < 4.78 is 41.1. The molecule has 0 saturated heterocycles. The number of para-hydroxylation sites is 1. The minimum absolute atomic E-state index is 0.224. The molecule has 0 fully saturated rings. The Morgan fingerprint density at radius 3 is 2.04 bits per heavy atom. The lowest BCUT2D eigenvalue weighted by atomic mass is 10.2. The van der Waals surface area contributed by atoms with Gasteiger partial charge in [-0.15, -0.1) is 14.8 Å². The van der Waals surface area contributed by atoms with E-state index >= 15 is 0 Å². The Bertz CT molecular complexity index is 735. The lowest BCUT2D eigenvalue weighted by Crippen LogP contribution is -2.68. The molecule has 1 aliphatic heterocycles. The Morgan fingerprint density at radius 2 is 1.50 bits per heavy atom. The van der Waals surface area contributed by atoms with Gasteiger partial charge in [-0.1, -0.05) is 29.8 Å². The quantitative estimate of drug-likeness (QED) is 0.454. The second-order valence-corrected chi connectivity index (χ2v) is 5.78. The van der Waals surface area contributed by atoms with Gasteiger partial charge in [0.1, 0.15) is 0 Å². The number of esters is 1. The first-order chi connectivity index (χ1) is 11.2. The Balaban J connectivity index is 0.000000368. The summed E-state index contributed by atoms with van der Waals surface area (Å²) in [5.74, 6) is 0.293. The molecule has 1 aliphatic rings. The summed E-state index contributed by atoms with van der Waals surface area (Å²) in [4.78, 5) is 11.6. The van der Waals surface area contributed by atoms with Crippen LogP contribution < -0.4 is 18.6 Å². The average molecular weight is 372 g/mol. The molecule has 0 spiro atoms. The average Bonchev–Trinajstić information content (AvgIpc) is 2.89. The van der Waals surface area contributed by atoms with Crippen LogP contribution in [0.3, 0.4) is 0 Å². The van der Waals surface area contributed by atoms with E-state index in [-0.39, 0.29) is 12.5 Å². The second kappa shape index (κ2) is 7.71. The molecule has 0 unspecified atom stereocenters. The van der Waals surface area contributed by atoms with Gasteiger partial charge in [-0.3, -0.25) is 0 Å². The van der Waals surface area contributed by atoms with Gasteiger partial charge in [-0.25, -0.2) is 23.4 Å². The van der Waals surface area contributed by atoms with Crippen LogP contribution >= 0.6 is 11.6 Å². The summed E-state index contributed by atoms with van der Waals surface area (Å²) in [6, 6.07) is 16.9. The highest BCUT2D eigenvalue weighted by molar-refractivity contribution is 6.30. The van der Waals surface area contributed by atoms with Gasteiger partial charge in [0, 0.05) is 17.2 Å². The molecule has 0 N–H and O–H groups in total. The highest BCUT2D eigenvalue weighted by Crippen LogP contribution is 2.19. The second-order valence-electron chi connectivity index (χ2n) is 4.59. The van der Waals surface area contributed by atoms with Crippen molar-refractivity contribution in [1.29, 1.82) is 0 Å². The summed E-state index contributed by atoms with van der Waals surface area (Å²) in [5.41, 5.74) is 1.76. The number of cyclic esters (lactones) is 1. The van der Waals surface area contributed by atoms with Gasteiger partial charge in [-0.05, 0) is 24.3 Å². The Labute approximate surface area is 144 Å². The molecule has 0 aliphatic carbocycles. The van der Waals surface area contributed by atoms with E-state index in [4.69, 9.17) is 35.0 Å². The number of rotatable bonds is 2. The Hall–Kier alpha value is -2.00. The van der Waals surface area contributed by atoms with Crippen molar-refractivity contribution in [2.24, 2.45) is 0 Å². The number of nitrogens with zero attached hydrogens (tertiary/aromatic N) is 1. The highest BCUT2D eigenvalue weighted by atomic mass is 35.7. The maximum atomic E-state index is 11.6. The largest absolute Gasteiger partial charge is 0.384 e. The molecule has 0 saturated carbocycles. The predicted octanol–water partition coefficient (Wildman–Crippen LogP) is -1.77. The van der Waals surface area contributed by atoms with Crippen LogP contribution in [-0.2, 0) is 9.53 Å². The first kappa shape index (κ1) is 18.3. The number of hydrogen-bond acceptors (Lipinski definition) is 6. The SMILES string of the molecule is O=C1C[N+](c2ccccc2)=C(c2ccc(Cl)cc2)O1.[O-][Cl+3]([O-])([O-])[O-]. The molecule has 7 nitrogen and oxygen atoms in total. The van der Waals surface area contributed by atoms with Crippen LogP contribution in [0.15, 0.2) is 54.6 Å². The van der Waals surface area contributed by atoms with Gasteiger partial charge in [0.15, 0.2) is 0 Å². The molecule has 0 bridgehead atoms. The van der Waals surface area contributed by atoms with Crippen molar-refractivity contribution < 1.29 is 43.0 Å². The standard InChI is InChI=1S/C15H11ClNO2.ClHO4/c16-12-8-6-11(7-9-12)15-17(10-14(18)19-15)13-4-2-1-3-5-13;2-1(3,4)5/h1-9H,10H2;(H,2,3,4,5)/q+1;/p-1. The van der Waals surface area contributed by atoms with Gasteiger partial charge in [0.2, 0.25) is 12.2 Å². The first-order valence-corrected chi connectivity index (χ1v) is 8.13. The fourth-order valence-electron chi connectivity index (χ4n) is 2.02. The number of hydrogen-bond donors (Lipinski definition) is 0. The number of carbonyl (C=O) groups is 1. The van der Waals surface area contributed by atoms with E-state index < -0.39 is 10.2 Å². The van der Waals surface area contributed by atoms with Crippen LogP contribution in [0.25, 0.3) is 0 Å². The van der Waals surface area contributed by atoms with Crippen molar-refractivity contribution in [3.05, 3.63) is 65.2 Å². The van der Waals surface area contributed by atoms with Gasteiger partial charge in [0.25, 0.3) is 0 Å². The molecule has 0 atom stereocenters. The lowest BCUT2D eigenvalue weighted by molar-refractivity contribution is -2.00. The zero-order chi connectivity index (χ0) is 17.7. The maximum absolute atomic E-state index is 11.6. The smallest absolute Gasteiger partial charge is 0.365 e. The molecule has 0 amide bonds. The van der Waals surface area contributed by atoms with Crippen molar-refractivity contribution in [3.8, 4) is 0 Å². The molecule has 24 heavy (non-hydrogen) atoms. The molecule has 0 radical (unpaired) electrons. The summed E-state index contributed by atoms with van der Waals surface area (Å²) in [7, 11) is -4.94. The van der Waals surface area contributed by atoms with Crippen LogP contribution in [0.2, 0.25) is 5.02 Å². The minimum Gasteiger partial charge on any atom is -0.365 e. The van der Waals surface area contributed by atoms with Crippen LogP contribution in [0.5, 0.6) is 0 Å². The van der Waals surface area contributed by atoms with E-state index in [0.717, 1.165) is 11.3 Å². The third kappa shape index (κ3) is 5.57. The Kier molecular flexibility index (Phi) is 5.89. The minimum atomic E-state index is -4.94. The number of benzene rings is 2. The molecule has 1 heterocycles. The fourth-order valence-corrected chi connectivity index (χ4v) is 2.15. The molecular formula is C15H11Cl2NO6. The van der Waals surface area contributed by atoms with Crippen molar-refractivity contribution in [3.63, 3.8) is 0 Å². The number of halogens is 2. The first-order valence-electron chi connectivity index (χ1n) is 6.52. The monoisotopic (exact) mass is 371 g/mol. The maximum Gasteiger partial charge on any atom is 0.384 e. The van der Waals surface area contributed by atoms with Crippen molar-refractivity contribution in [2.75, 3.05) is 6.54 Å². The zero-order valence-corrected chi connectivity index (χ0v) is 13.6. The topological polar surface area (TPSA) is 122 Å². The van der Waals surface area contributed by atoms with Crippen LogP contribution in [0, 0.1) is 10.2 Å². The van der Waals surface area contributed by atoms with Crippen molar-refractivity contribution >= 4 is 29.2 Å². The van der Waals surface area contributed by atoms with Gasteiger partial charge in [0.05, 0.1) is 5.56 Å². The van der Waals surface area contributed by atoms with Gasteiger partial charge < -0.3 is 4.74 Å². The Morgan fingerprint density at radius 1 is 0.958 bits per heavy atom. The van der Waals surface area contributed by atoms with E-state index in [0.29, 0.717) is 10.9 Å². The van der Waals surface area contributed by atoms with Crippen molar-refractivity contribution in [1.82, 2.24) is 0 Å². The molecule has 2 aromatic carbocycles. The molecule has 9 heteroatoms. The summed E-state index contributed by atoms with van der Waals surface area (Å²) in [6.45, 7) is 0.224. The van der Waals surface area contributed by atoms with Crippen LogP contribution in [-0.4, -0.2) is 23.0 Å². The van der Waals surface area contributed by atoms with Gasteiger partial charge >= 0.3 is 11.9 Å². The fraction of sp³-hybridized carbons (Fsp3) is 0.0667. The molecule has 3 rings (SSSR count). The van der Waals surface area contributed by atoms with Gasteiger partial charge in [-0.2, -0.15) is 0 Å². The van der Waals surface area contributed by atoms with E-state index in [1.807, 2.05) is 47.0 Å². The van der Waals surface area contributed by atoms with E-state index in [9.17, 15) is 4.79 Å². The highest BCUT2D eigenvalue weighted by Gasteiger charge is 2.34. The third-order valence-corrected chi connectivity index (χ3v) is 3.15. The van der Waals surface area contributed by atoms with E-state index in [1.54, 1.807) is 12.1 Å². The predicted molar refractivity (Wildman–Crippen MR) is 72.9 cm³/mol. The number of ether oxygens (including phenoxy) is 1. The third-order valence-electron chi connectivity index (χ3n) is 2.90. The summed E-state index contributed by atoms with van der Waals surface area (Å²) >= 11 is 5.87. The van der Waals surface area contributed by atoms with Crippen molar-refractivity contribution in [2.45, 2.75) is 0 Å². The molecule has 126 valence electrons. The lowest BCUT2D eigenvalue weighted by Gasteiger charge is -2.17. The summed E-state index contributed by atoms with van der Waals surface area (Å²) in [5, 5.41) is 0.653. The van der Waals surface area contributed by atoms with E-state index in [1.165, 1.54) is 0 Å². The molecule has 2 aromatic rings. The normalized spacial score (nSPS) is 14.1.